The van der Waals surface area contributed by atoms with E-state index in [2.05, 4.69) is 4.98 Å². The summed E-state index contributed by atoms with van der Waals surface area (Å²) in [6.07, 6.45) is 2.09. The molecule has 1 aliphatic heterocycles. The van der Waals surface area contributed by atoms with E-state index in [-0.39, 0.29) is 18.0 Å². The Labute approximate surface area is 128 Å². The molecule has 22 heavy (non-hydrogen) atoms. The zero-order chi connectivity index (χ0) is 15.7. The first-order valence-electron chi connectivity index (χ1n) is 7.12. The Morgan fingerprint density at radius 2 is 2.09 bits per heavy atom. The quantitative estimate of drug-likeness (QED) is 0.923. The molecule has 2 heterocycles. The summed E-state index contributed by atoms with van der Waals surface area (Å²) in [4.78, 5) is 29.9. The number of aromatic carboxylic acids is 1. The first-order valence-corrected chi connectivity index (χ1v) is 7.12. The number of pyridine rings is 1. The maximum atomic E-state index is 12.6. The predicted octanol–water partition coefficient (Wildman–Crippen LogP) is 2.29. The maximum Gasteiger partial charge on any atom is 0.336 e. The second-order valence-corrected chi connectivity index (χ2v) is 5.44. The smallest absolute Gasteiger partial charge is 0.336 e. The highest BCUT2D eigenvalue weighted by atomic mass is 16.4. The first kappa shape index (κ1) is 14.3. The molecule has 0 aliphatic carbocycles. The summed E-state index contributed by atoms with van der Waals surface area (Å²) in [7, 11) is 0. The molecule has 0 saturated carbocycles. The molecule has 1 N–H and O–H groups in total. The van der Waals surface area contributed by atoms with Crippen molar-refractivity contribution in [2.75, 3.05) is 6.54 Å². The number of carboxylic acid groups (broad SMARTS) is 1. The summed E-state index contributed by atoms with van der Waals surface area (Å²) >= 11 is 0. The highest BCUT2D eigenvalue weighted by Crippen LogP contribution is 2.22. The van der Waals surface area contributed by atoms with Crippen molar-refractivity contribution >= 4 is 11.9 Å². The molecule has 1 aromatic carbocycles. The molecule has 0 bridgehead atoms. The third-order valence-electron chi connectivity index (χ3n) is 3.90. The SMILES string of the molecule is Cc1cccc(C(=O)N2CCc3nccc(C(=O)O)c3C2)c1. The molecule has 0 saturated heterocycles. The average molecular weight is 296 g/mol. The number of rotatable bonds is 2. The van der Waals surface area contributed by atoms with Crippen LogP contribution in [0.5, 0.6) is 0 Å². The fourth-order valence-electron chi connectivity index (χ4n) is 2.77. The van der Waals surface area contributed by atoms with Gasteiger partial charge in [0.15, 0.2) is 0 Å². The number of fused-ring (bicyclic) bond motifs is 1. The lowest BCUT2D eigenvalue weighted by Gasteiger charge is -2.29. The number of aromatic nitrogens is 1. The minimum Gasteiger partial charge on any atom is -0.478 e. The monoisotopic (exact) mass is 296 g/mol. The van der Waals surface area contributed by atoms with Gasteiger partial charge in [-0.25, -0.2) is 4.79 Å². The van der Waals surface area contributed by atoms with E-state index in [1.807, 2.05) is 25.1 Å². The second kappa shape index (κ2) is 5.60. The lowest BCUT2D eigenvalue weighted by molar-refractivity contribution is 0.0676. The number of amides is 1. The van der Waals surface area contributed by atoms with Gasteiger partial charge >= 0.3 is 5.97 Å². The van der Waals surface area contributed by atoms with Crippen molar-refractivity contribution in [3.8, 4) is 0 Å². The largest absolute Gasteiger partial charge is 0.478 e. The lowest BCUT2D eigenvalue weighted by Crippen LogP contribution is -2.37. The van der Waals surface area contributed by atoms with Gasteiger partial charge in [0.2, 0.25) is 0 Å². The number of benzene rings is 1. The van der Waals surface area contributed by atoms with Crippen LogP contribution in [0.1, 0.15) is 37.5 Å². The summed E-state index contributed by atoms with van der Waals surface area (Å²) in [6, 6.07) is 8.91. The van der Waals surface area contributed by atoms with Gasteiger partial charge in [-0.1, -0.05) is 17.7 Å². The topological polar surface area (TPSA) is 70.5 Å². The number of hydrogen-bond acceptors (Lipinski definition) is 3. The van der Waals surface area contributed by atoms with E-state index in [9.17, 15) is 14.7 Å². The van der Waals surface area contributed by atoms with Crippen LogP contribution >= 0.6 is 0 Å². The zero-order valence-electron chi connectivity index (χ0n) is 12.2. The van der Waals surface area contributed by atoms with E-state index >= 15 is 0 Å². The molecular formula is C17H16N2O3. The summed E-state index contributed by atoms with van der Waals surface area (Å²) in [5.74, 6) is -1.06. The van der Waals surface area contributed by atoms with Gasteiger partial charge in [-0.05, 0) is 25.1 Å². The van der Waals surface area contributed by atoms with E-state index in [4.69, 9.17) is 0 Å². The highest BCUT2D eigenvalue weighted by molar-refractivity contribution is 5.95. The van der Waals surface area contributed by atoms with Gasteiger partial charge in [-0.15, -0.1) is 0 Å². The van der Waals surface area contributed by atoms with Crippen LogP contribution in [0, 0.1) is 6.92 Å². The number of carbonyl (C=O) groups is 2. The second-order valence-electron chi connectivity index (χ2n) is 5.44. The van der Waals surface area contributed by atoms with E-state index in [1.54, 1.807) is 11.0 Å². The molecule has 3 rings (SSSR count). The Kier molecular flexibility index (Phi) is 3.63. The Bertz CT molecular complexity index is 755. The van der Waals surface area contributed by atoms with Gasteiger partial charge in [0, 0.05) is 42.5 Å². The lowest BCUT2D eigenvalue weighted by atomic mass is 9.99. The number of hydrogen-bond donors (Lipinski definition) is 1. The normalized spacial score (nSPS) is 13.6. The molecule has 0 unspecified atom stereocenters. The van der Waals surface area contributed by atoms with Crippen molar-refractivity contribution in [1.29, 1.82) is 0 Å². The van der Waals surface area contributed by atoms with Crippen LogP contribution in [-0.4, -0.2) is 33.4 Å². The van der Waals surface area contributed by atoms with Gasteiger partial charge in [0.05, 0.1) is 5.56 Å². The molecule has 5 heteroatoms. The standard InChI is InChI=1S/C17H16N2O3/c1-11-3-2-4-12(9-11)16(20)19-8-6-15-14(10-19)13(17(21)22)5-7-18-15/h2-5,7,9H,6,8,10H2,1H3,(H,21,22). The van der Waals surface area contributed by atoms with Gasteiger partial charge in [-0.3, -0.25) is 9.78 Å². The van der Waals surface area contributed by atoms with Crippen molar-refractivity contribution in [1.82, 2.24) is 9.88 Å². The highest BCUT2D eigenvalue weighted by Gasteiger charge is 2.26. The molecule has 1 aliphatic rings. The third-order valence-corrected chi connectivity index (χ3v) is 3.90. The molecule has 1 aromatic heterocycles. The first-order chi connectivity index (χ1) is 10.6. The third kappa shape index (κ3) is 2.57. The molecule has 0 radical (unpaired) electrons. The molecule has 2 aromatic rings. The Hall–Kier alpha value is -2.69. The average Bonchev–Trinajstić information content (AvgIpc) is 2.53. The minimum absolute atomic E-state index is 0.0745. The van der Waals surface area contributed by atoms with Crippen LogP contribution in [0.15, 0.2) is 36.5 Å². The number of carbonyl (C=O) groups excluding carboxylic acids is 1. The maximum absolute atomic E-state index is 12.6. The summed E-state index contributed by atoms with van der Waals surface area (Å²) < 4.78 is 0. The molecule has 0 atom stereocenters. The number of nitrogens with zero attached hydrogens (tertiary/aromatic N) is 2. The van der Waals surface area contributed by atoms with Crippen molar-refractivity contribution in [2.45, 2.75) is 19.9 Å². The Balaban J connectivity index is 1.91. The van der Waals surface area contributed by atoms with Crippen LogP contribution < -0.4 is 0 Å². The van der Waals surface area contributed by atoms with Crippen LogP contribution in [0.2, 0.25) is 0 Å². The van der Waals surface area contributed by atoms with E-state index < -0.39 is 5.97 Å². The van der Waals surface area contributed by atoms with Crippen molar-refractivity contribution < 1.29 is 14.7 Å². The Morgan fingerprint density at radius 1 is 1.27 bits per heavy atom. The fourth-order valence-corrected chi connectivity index (χ4v) is 2.77. The zero-order valence-corrected chi connectivity index (χ0v) is 12.2. The molecule has 0 fully saturated rings. The summed E-state index contributed by atoms with van der Waals surface area (Å²) in [5, 5.41) is 9.29. The summed E-state index contributed by atoms with van der Waals surface area (Å²) in [6.45, 7) is 2.78. The minimum atomic E-state index is -0.983. The predicted molar refractivity (Wildman–Crippen MR) is 80.8 cm³/mol. The van der Waals surface area contributed by atoms with E-state index in [0.29, 0.717) is 24.1 Å². The molecule has 5 nitrogen and oxygen atoms in total. The fraction of sp³-hybridized carbons (Fsp3) is 0.235. The van der Waals surface area contributed by atoms with Crippen molar-refractivity contribution in [2.24, 2.45) is 0 Å². The van der Waals surface area contributed by atoms with Crippen molar-refractivity contribution in [3.05, 3.63) is 64.5 Å². The number of aryl methyl sites for hydroxylation is 1. The van der Waals surface area contributed by atoms with Crippen LogP contribution in [-0.2, 0) is 13.0 Å². The van der Waals surface area contributed by atoms with Gasteiger partial charge in [-0.2, -0.15) is 0 Å². The number of carboxylic acids is 1. The van der Waals surface area contributed by atoms with Crippen LogP contribution in [0.25, 0.3) is 0 Å². The molecular weight excluding hydrogens is 280 g/mol. The summed E-state index contributed by atoms with van der Waals surface area (Å²) in [5.41, 5.74) is 3.29. The van der Waals surface area contributed by atoms with E-state index in [1.165, 1.54) is 12.3 Å². The van der Waals surface area contributed by atoms with Crippen LogP contribution in [0.4, 0.5) is 0 Å². The molecule has 112 valence electrons. The van der Waals surface area contributed by atoms with Crippen molar-refractivity contribution in [3.63, 3.8) is 0 Å². The van der Waals surface area contributed by atoms with Crippen LogP contribution in [0.3, 0.4) is 0 Å². The Morgan fingerprint density at radius 3 is 2.82 bits per heavy atom. The van der Waals surface area contributed by atoms with Gasteiger partial charge < -0.3 is 10.0 Å². The molecule has 0 spiro atoms. The molecule has 1 amide bonds. The van der Waals surface area contributed by atoms with Gasteiger partial charge in [0.25, 0.3) is 5.91 Å². The van der Waals surface area contributed by atoms with Gasteiger partial charge in [0.1, 0.15) is 0 Å². The van der Waals surface area contributed by atoms with E-state index in [0.717, 1.165) is 11.3 Å².